The normalized spacial score (nSPS) is 14.1. The van der Waals surface area contributed by atoms with Crippen LogP contribution in [-0.4, -0.2) is 0 Å². The van der Waals surface area contributed by atoms with E-state index in [2.05, 4.69) is 135 Å². The fraction of sp³-hybridized carbons (Fsp3) is 0.611. The number of rotatable bonds is 2. The van der Waals surface area contributed by atoms with E-state index in [0.717, 1.165) is 0 Å². The van der Waals surface area contributed by atoms with Crippen molar-refractivity contribution in [2.75, 3.05) is 0 Å². The molecule has 0 amide bonds. The van der Waals surface area contributed by atoms with Gasteiger partial charge in [0.05, 0.1) is 0 Å². The molecule has 3 aromatic carbocycles. The first-order valence-corrected chi connectivity index (χ1v) is 14.2. The zero-order valence-corrected chi connectivity index (χ0v) is 26.5. The van der Waals surface area contributed by atoms with Crippen LogP contribution in [-0.2, 0) is 21.7 Å². The molecule has 0 bridgehead atoms. The van der Waals surface area contributed by atoms with Gasteiger partial charge in [0.15, 0.2) is 0 Å². The molecule has 0 heteroatoms. The third-order valence-corrected chi connectivity index (χ3v) is 7.86. The van der Waals surface area contributed by atoms with Crippen LogP contribution in [0.2, 0.25) is 0 Å². The lowest BCUT2D eigenvalue weighted by atomic mass is 9.70. The summed E-state index contributed by atoms with van der Waals surface area (Å²) in [6, 6.07) is 10.3. The van der Waals surface area contributed by atoms with Crippen molar-refractivity contribution < 1.29 is 0 Å². The van der Waals surface area contributed by atoms with Gasteiger partial charge in [-0.1, -0.05) is 135 Å². The van der Waals surface area contributed by atoms with Crippen molar-refractivity contribution in [1.82, 2.24) is 0 Å². The monoisotopic (exact) mass is 486 g/mol. The lowest BCUT2D eigenvalue weighted by Crippen LogP contribution is -2.23. The van der Waals surface area contributed by atoms with E-state index >= 15 is 0 Å². The number of fused-ring (bicyclic) bond motifs is 2. The SMILES string of the molecule is CC(C)c1c2cc(C(C)(C)C)c(C(C)(C)C)cc2c(C(C)C)c2cc(C(C)(C)C)c(C(C)(C)C)cc12. The van der Waals surface area contributed by atoms with Crippen molar-refractivity contribution in [3.63, 3.8) is 0 Å². The lowest BCUT2D eigenvalue weighted by molar-refractivity contribution is 0.531. The first-order chi connectivity index (χ1) is 16.1. The molecule has 3 aromatic rings. The van der Waals surface area contributed by atoms with Crippen molar-refractivity contribution in [2.24, 2.45) is 0 Å². The zero-order valence-electron chi connectivity index (χ0n) is 26.5. The predicted molar refractivity (Wildman–Crippen MR) is 164 cm³/mol. The Bertz CT molecular complexity index is 1090. The molecule has 0 heterocycles. The van der Waals surface area contributed by atoms with E-state index in [1.165, 1.54) is 54.9 Å². The Morgan fingerprint density at radius 1 is 0.361 bits per heavy atom. The van der Waals surface area contributed by atoms with Crippen molar-refractivity contribution in [1.29, 1.82) is 0 Å². The highest BCUT2D eigenvalue weighted by atomic mass is 14.3. The molecule has 0 aromatic heterocycles. The van der Waals surface area contributed by atoms with E-state index in [4.69, 9.17) is 0 Å². The van der Waals surface area contributed by atoms with Crippen LogP contribution in [0.1, 0.15) is 156 Å². The van der Waals surface area contributed by atoms with Crippen molar-refractivity contribution in [3.05, 3.63) is 57.6 Å². The Labute approximate surface area is 223 Å². The maximum Gasteiger partial charge on any atom is -0.0129 e. The smallest absolute Gasteiger partial charge is 0.0129 e. The molecule has 0 unspecified atom stereocenters. The lowest BCUT2D eigenvalue weighted by Gasteiger charge is -2.34. The molecule has 0 atom stereocenters. The minimum atomic E-state index is 0.0880. The first kappa shape index (κ1) is 28.7. The van der Waals surface area contributed by atoms with Crippen molar-refractivity contribution >= 4 is 21.5 Å². The summed E-state index contributed by atoms with van der Waals surface area (Å²) in [4.78, 5) is 0. The van der Waals surface area contributed by atoms with Gasteiger partial charge in [0.25, 0.3) is 0 Å². The van der Waals surface area contributed by atoms with E-state index < -0.39 is 0 Å². The first-order valence-electron chi connectivity index (χ1n) is 14.2. The molecule has 3 rings (SSSR count). The molecular weight excluding hydrogens is 432 g/mol. The van der Waals surface area contributed by atoms with Gasteiger partial charge in [0.2, 0.25) is 0 Å². The van der Waals surface area contributed by atoms with Gasteiger partial charge in [-0.05, 0) is 88.4 Å². The number of benzene rings is 3. The third kappa shape index (κ3) is 5.12. The molecule has 0 aliphatic rings. The van der Waals surface area contributed by atoms with E-state index in [1.54, 1.807) is 0 Å². The minimum absolute atomic E-state index is 0.0880. The summed E-state index contributed by atoms with van der Waals surface area (Å²) in [7, 11) is 0. The molecule has 0 nitrogen and oxygen atoms in total. The van der Waals surface area contributed by atoms with Gasteiger partial charge in [0.1, 0.15) is 0 Å². The topological polar surface area (TPSA) is 0 Å². The summed E-state index contributed by atoms with van der Waals surface area (Å²) < 4.78 is 0. The predicted octanol–water partition coefficient (Wildman–Crippen LogP) is 11.4. The fourth-order valence-electron chi connectivity index (χ4n) is 6.11. The Morgan fingerprint density at radius 3 is 0.639 bits per heavy atom. The van der Waals surface area contributed by atoms with Gasteiger partial charge >= 0.3 is 0 Å². The second-order valence-electron chi connectivity index (χ2n) is 16.0. The minimum Gasteiger partial charge on any atom is -0.0586 e. The summed E-state index contributed by atoms with van der Waals surface area (Å²) in [5.74, 6) is 0.885. The number of hydrogen-bond acceptors (Lipinski definition) is 0. The van der Waals surface area contributed by atoms with Crippen LogP contribution >= 0.6 is 0 Å². The molecule has 0 saturated heterocycles. The quantitative estimate of drug-likeness (QED) is 0.316. The average molecular weight is 487 g/mol. The second-order valence-corrected chi connectivity index (χ2v) is 16.0. The molecule has 0 spiro atoms. The van der Waals surface area contributed by atoms with Crippen LogP contribution in [0.25, 0.3) is 21.5 Å². The highest BCUT2D eigenvalue weighted by Gasteiger charge is 2.31. The van der Waals surface area contributed by atoms with Crippen LogP contribution in [0.5, 0.6) is 0 Å². The van der Waals surface area contributed by atoms with Crippen molar-refractivity contribution in [2.45, 2.75) is 144 Å². The van der Waals surface area contributed by atoms with E-state index in [0.29, 0.717) is 11.8 Å². The van der Waals surface area contributed by atoms with E-state index in [1.807, 2.05) is 0 Å². The summed E-state index contributed by atoms with van der Waals surface area (Å²) in [6.07, 6.45) is 0. The highest BCUT2D eigenvalue weighted by Crippen LogP contribution is 2.47. The van der Waals surface area contributed by atoms with E-state index in [9.17, 15) is 0 Å². The molecule has 0 saturated carbocycles. The second kappa shape index (κ2) is 8.89. The Morgan fingerprint density at radius 2 is 0.528 bits per heavy atom. The van der Waals surface area contributed by atoms with Crippen molar-refractivity contribution in [3.8, 4) is 0 Å². The Balaban J connectivity index is 2.77. The number of hydrogen-bond donors (Lipinski definition) is 0. The highest BCUT2D eigenvalue weighted by molar-refractivity contribution is 6.08. The molecule has 0 N–H and O–H groups in total. The molecule has 0 fully saturated rings. The maximum absolute atomic E-state index is 2.57. The van der Waals surface area contributed by atoms with Gasteiger partial charge in [-0.3, -0.25) is 0 Å². The summed E-state index contributed by atoms with van der Waals surface area (Å²) in [5.41, 5.74) is 9.33. The summed E-state index contributed by atoms with van der Waals surface area (Å²) >= 11 is 0. The molecular formula is C36H54. The fourth-order valence-corrected chi connectivity index (χ4v) is 6.11. The van der Waals surface area contributed by atoms with Gasteiger partial charge in [-0.2, -0.15) is 0 Å². The zero-order chi connectivity index (χ0) is 27.8. The van der Waals surface area contributed by atoms with Crippen LogP contribution in [0.15, 0.2) is 24.3 Å². The Hall–Kier alpha value is -1.82. The van der Waals surface area contributed by atoms with Gasteiger partial charge in [0, 0.05) is 0 Å². The maximum atomic E-state index is 2.57. The Kier molecular flexibility index (Phi) is 7.10. The van der Waals surface area contributed by atoms with Crippen LogP contribution in [0, 0.1) is 0 Å². The van der Waals surface area contributed by atoms with Gasteiger partial charge < -0.3 is 0 Å². The molecule has 0 aliphatic carbocycles. The van der Waals surface area contributed by atoms with E-state index in [-0.39, 0.29) is 21.7 Å². The van der Waals surface area contributed by atoms with Crippen LogP contribution in [0.3, 0.4) is 0 Å². The summed E-state index contributed by atoms with van der Waals surface area (Å²) in [6.45, 7) is 38.0. The largest absolute Gasteiger partial charge is 0.0586 e. The van der Waals surface area contributed by atoms with Gasteiger partial charge in [-0.15, -0.1) is 0 Å². The molecule has 0 radical (unpaired) electrons. The van der Waals surface area contributed by atoms with Crippen LogP contribution < -0.4 is 0 Å². The molecule has 0 aliphatic heterocycles. The van der Waals surface area contributed by atoms with Crippen LogP contribution in [0.4, 0.5) is 0 Å². The average Bonchev–Trinajstić information content (AvgIpc) is 2.66. The third-order valence-electron chi connectivity index (χ3n) is 7.86. The van der Waals surface area contributed by atoms with Gasteiger partial charge in [-0.25, -0.2) is 0 Å². The molecule has 198 valence electrons. The standard InChI is InChI=1S/C36H54/c1-21(2)31-23-17-27(33(5,6)7)29(35(11,12)13)19-25(23)32(22(3)4)26-20-30(36(14,15)16)28(18-24(26)31)34(8,9)10/h17-22H,1-16H3. The summed E-state index contributed by atoms with van der Waals surface area (Å²) in [5, 5.41) is 5.84. The molecule has 36 heavy (non-hydrogen) atoms.